The Balaban J connectivity index is 1.76. The summed E-state index contributed by atoms with van der Waals surface area (Å²) in [7, 11) is 1.72. The molecule has 2 heteroatoms. The van der Waals surface area contributed by atoms with Crippen molar-refractivity contribution < 1.29 is 4.74 Å². The lowest BCUT2D eigenvalue weighted by atomic mass is 9.48. The monoisotopic (exact) mass is 273 g/mol. The molecule has 0 heterocycles. The van der Waals surface area contributed by atoms with Gasteiger partial charge in [0.1, 0.15) is 5.75 Å². The van der Waals surface area contributed by atoms with Crippen LogP contribution in [0.4, 0.5) is 0 Å². The van der Waals surface area contributed by atoms with Gasteiger partial charge in [-0.05, 0) is 48.8 Å². The summed E-state index contributed by atoms with van der Waals surface area (Å²) in [5, 5.41) is 0. The summed E-state index contributed by atoms with van der Waals surface area (Å²) in [4.78, 5) is 0. The Morgan fingerprint density at radius 3 is 2.10 bits per heavy atom. The summed E-state index contributed by atoms with van der Waals surface area (Å²) in [5.41, 5.74) is 8.42. The van der Waals surface area contributed by atoms with E-state index in [4.69, 9.17) is 10.5 Å². The van der Waals surface area contributed by atoms with Gasteiger partial charge in [-0.1, -0.05) is 37.8 Å². The van der Waals surface area contributed by atoms with Crippen molar-refractivity contribution in [3.05, 3.63) is 29.8 Å². The number of methoxy groups -OCH3 is 1. The Labute approximate surface area is 122 Å². The van der Waals surface area contributed by atoms with E-state index in [1.807, 2.05) is 0 Å². The SMILES string of the molecule is COc1ccc(C2(CN)CC3(CCCCCC3)C2)cc1. The van der Waals surface area contributed by atoms with Crippen molar-refractivity contribution >= 4 is 0 Å². The molecule has 0 amide bonds. The fourth-order valence-corrected chi connectivity index (χ4v) is 4.63. The zero-order valence-electron chi connectivity index (χ0n) is 12.7. The summed E-state index contributed by atoms with van der Waals surface area (Å²) in [6.45, 7) is 0.779. The van der Waals surface area contributed by atoms with Crippen LogP contribution in [0.25, 0.3) is 0 Å². The number of hydrogen-bond donors (Lipinski definition) is 1. The third-order valence-corrected chi connectivity index (χ3v) is 5.68. The largest absolute Gasteiger partial charge is 0.497 e. The highest BCUT2D eigenvalue weighted by Crippen LogP contribution is 2.60. The molecule has 0 bridgehead atoms. The molecule has 0 aromatic heterocycles. The quantitative estimate of drug-likeness (QED) is 0.902. The van der Waals surface area contributed by atoms with Gasteiger partial charge in [0, 0.05) is 12.0 Å². The lowest BCUT2D eigenvalue weighted by Crippen LogP contribution is -2.53. The molecule has 110 valence electrons. The van der Waals surface area contributed by atoms with Gasteiger partial charge in [-0.25, -0.2) is 0 Å². The second-order valence-corrected chi connectivity index (χ2v) is 6.98. The number of nitrogens with two attached hydrogens (primary N) is 1. The van der Waals surface area contributed by atoms with Gasteiger partial charge in [-0.15, -0.1) is 0 Å². The number of benzene rings is 1. The van der Waals surface area contributed by atoms with E-state index in [2.05, 4.69) is 24.3 Å². The van der Waals surface area contributed by atoms with E-state index in [0.29, 0.717) is 5.41 Å². The van der Waals surface area contributed by atoms with Crippen molar-refractivity contribution in [2.45, 2.75) is 56.8 Å². The summed E-state index contributed by atoms with van der Waals surface area (Å²) in [5.74, 6) is 0.935. The lowest BCUT2D eigenvalue weighted by molar-refractivity contribution is 0.0112. The smallest absolute Gasteiger partial charge is 0.118 e. The molecular formula is C18H27NO. The molecular weight excluding hydrogens is 246 g/mol. The van der Waals surface area contributed by atoms with Crippen molar-refractivity contribution in [3.63, 3.8) is 0 Å². The predicted molar refractivity (Wildman–Crippen MR) is 83.1 cm³/mol. The third-order valence-electron chi connectivity index (χ3n) is 5.68. The molecule has 0 radical (unpaired) electrons. The van der Waals surface area contributed by atoms with Crippen LogP contribution in [0.2, 0.25) is 0 Å². The zero-order chi connectivity index (χ0) is 14.1. The van der Waals surface area contributed by atoms with Crippen LogP contribution >= 0.6 is 0 Å². The maximum Gasteiger partial charge on any atom is 0.118 e. The van der Waals surface area contributed by atoms with Crippen LogP contribution in [0.15, 0.2) is 24.3 Å². The molecule has 2 fully saturated rings. The minimum Gasteiger partial charge on any atom is -0.497 e. The first kappa shape index (κ1) is 13.9. The molecule has 2 aliphatic carbocycles. The highest BCUT2D eigenvalue weighted by atomic mass is 16.5. The van der Waals surface area contributed by atoms with Crippen molar-refractivity contribution in [3.8, 4) is 5.75 Å². The minimum absolute atomic E-state index is 0.233. The van der Waals surface area contributed by atoms with Gasteiger partial charge in [-0.2, -0.15) is 0 Å². The second kappa shape index (κ2) is 5.40. The Hall–Kier alpha value is -1.02. The van der Waals surface area contributed by atoms with E-state index in [9.17, 15) is 0 Å². The van der Waals surface area contributed by atoms with Gasteiger partial charge in [0.2, 0.25) is 0 Å². The van der Waals surface area contributed by atoms with Gasteiger partial charge in [0.05, 0.1) is 7.11 Å². The van der Waals surface area contributed by atoms with E-state index < -0.39 is 0 Å². The molecule has 1 spiro atoms. The average molecular weight is 273 g/mol. The third kappa shape index (κ3) is 2.35. The van der Waals surface area contributed by atoms with E-state index in [0.717, 1.165) is 12.3 Å². The van der Waals surface area contributed by atoms with Gasteiger partial charge in [-0.3, -0.25) is 0 Å². The Kier molecular flexibility index (Phi) is 3.76. The summed E-state index contributed by atoms with van der Waals surface area (Å²) in [6, 6.07) is 8.58. The summed E-state index contributed by atoms with van der Waals surface area (Å²) in [6.07, 6.45) is 11.1. The first-order valence-corrected chi connectivity index (χ1v) is 8.07. The highest BCUT2D eigenvalue weighted by Gasteiger charge is 2.53. The molecule has 2 aliphatic rings. The maximum atomic E-state index is 6.17. The molecule has 1 aromatic rings. The summed E-state index contributed by atoms with van der Waals surface area (Å²) < 4.78 is 5.26. The predicted octanol–water partition coefficient (Wildman–Crippen LogP) is 4.03. The van der Waals surface area contributed by atoms with Crippen molar-refractivity contribution in [2.75, 3.05) is 13.7 Å². The summed E-state index contributed by atoms with van der Waals surface area (Å²) >= 11 is 0. The number of ether oxygens (including phenoxy) is 1. The van der Waals surface area contributed by atoms with E-state index in [1.165, 1.54) is 56.9 Å². The van der Waals surface area contributed by atoms with Crippen LogP contribution in [-0.2, 0) is 5.41 Å². The molecule has 3 rings (SSSR count). The van der Waals surface area contributed by atoms with E-state index >= 15 is 0 Å². The topological polar surface area (TPSA) is 35.2 Å². The van der Waals surface area contributed by atoms with Crippen LogP contribution in [0.3, 0.4) is 0 Å². The van der Waals surface area contributed by atoms with Gasteiger partial charge in [0.15, 0.2) is 0 Å². The molecule has 0 unspecified atom stereocenters. The zero-order valence-corrected chi connectivity index (χ0v) is 12.7. The van der Waals surface area contributed by atoms with Crippen LogP contribution < -0.4 is 10.5 Å². The second-order valence-electron chi connectivity index (χ2n) is 6.98. The van der Waals surface area contributed by atoms with Crippen molar-refractivity contribution in [2.24, 2.45) is 11.1 Å². The Morgan fingerprint density at radius 1 is 1.00 bits per heavy atom. The first-order valence-electron chi connectivity index (χ1n) is 8.07. The Morgan fingerprint density at radius 2 is 1.60 bits per heavy atom. The van der Waals surface area contributed by atoms with Crippen molar-refractivity contribution in [1.82, 2.24) is 0 Å². The fourth-order valence-electron chi connectivity index (χ4n) is 4.63. The van der Waals surface area contributed by atoms with Gasteiger partial charge in [0.25, 0.3) is 0 Å². The van der Waals surface area contributed by atoms with Gasteiger partial charge < -0.3 is 10.5 Å². The minimum atomic E-state index is 0.233. The van der Waals surface area contributed by atoms with Crippen LogP contribution in [0.5, 0.6) is 5.75 Å². The molecule has 1 aromatic carbocycles. The molecule has 2 saturated carbocycles. The first-order chi connectivity index (χ1) is 9.72. The van der Waals surface area contributed by atoms with Crippen LogP contribution in [0, 0.1) is 5.41 Å². The fraction of sp³-hybridized carbons (Fsp3) is 0.667. The highest BCUT2D eigenvalue weighted by molar-refractivity contribution is 5.36. The van der Waals surface area contributed by atoms with E-state index in [1.54, 1.807) is 7.11 Å². The molecule has 0 saturated heterocycles. The van der Waals surface area contributed by atoms with Crippen molar-refractivity contribution in [1.29, 1.82) is 0 Å². The Bertz CT molecular complexity index is 435. The molecule has 0 atom stereocenters. The number of hydrogen-bond acceptors (Lipinski definition) is 2. The van der Waals surface area contributed by atoms with Gasteiger partial charge >= 0.3 is 0 Å². The standard InChI is InChI=1S/C18H27NO/c1-20-16-8-6-15(7-9-16)18(14-19)12-17(13-18)10-4-2-3-5-11-17/h6-9H,2-5,10-14,19H2,1H3. The maximum absolute atomic E-state index is 6.17. The van der Waals surface area contributed by atoms with Crippen LogP contribution in [-0.4, -0.2) is 13.7 Å². The molecule has 20 heavy (non-hydrogen) atoms. The lowest BCUT2D eigenvalue weighted by Gasteiger charge is -2.57. The average Bonchev–Trinajstić information content (AvgIpc) is 2.71. The normalized spacial score (nSPS) is 23.9. The van der Waals surface area contributed by atoms with E-state index in [-0.39, 0.29) is 5.41 Å². The molecule has 2 N–H and O–H groups in total. The van der Waals surface area contributed by atoms with Crippen LogP contribution in [0.1, 0.15) is 56.9 Å². The number of rotatable bonds is 3. The molecule has 0 aliphatic heterocycles. The molecule has 2 nitrogen and oxygen atoms in total.